The van der Waals surface area contributed by atoms with Crippen molar-refractivity contribution >= 4 is 34.8 Å². The molecule has 4 rings (SSSR count). The van der Waals surface area contributed by atoms with Gasteiger partial charge in [0.15, 0.2) is 0 Å². The van der Waals surface area contributed by atoms with Crippen molar-refractivity contribution in [2.75, 3.05) is 16.8 Å². The van der Waals surface area contributed by atoms with Crippen molar-refractivity contribution in [3.63, 3.8) is 0 Å². The number of fused-ring (bicyclic) bond motifs is 1. The van der Waals surface area contributed by atoms with E-state index in [4.69, 9.17) is 11.6 Å². The van der Waals surface area contributed by atoms with Gasteiger partial charge in [-0.3, -0.25) is 9.59 Å². The Morgan fingerprint density at radius 3 is 2.54 bits per heavy atom. The van der Waals surface area contributed by atoms with E-state index in [1.165, 1.54) is 0 Å². The van der Waals surface area contributed by atoms with Gasteiger partial charge in [0.05, 0.1) is 0 Å². The van der Waals surface area contributed by atoms with E-state index in [1.807, 2.05) is 23.1 Å². The molecule has 24 heavy (non-hydrogen) atoms. The molecule has 5 heteroatoms. The average molecular weight is 341 g/mol. The van der Waals surface area contributed by atoms with Crippen molar-refractivity contribution in [1.29, 1.82) is 0 Å². The number of nitrogens with one attached hydrogen (secondary N) is 1. The van der Waals surface area contributed by atoms with E-state index < -0.39 is 0 Å². The molecule has 4 nitrogen and oxygen atoms in total. The summed E-state index contributed by atoms with van der Waals surface area (Å²) in [6.07, 6.45) is 2.87. The zero-order valence-electron chi connectivity index (χ0n) is 13.1. The predicted molar refractivity (Wildman–Crippen MR) is 94.6 cm³/mol. The summed E-state index contributed by atoms with van der Waals surface area (Å²) in [5, 5.41) is 3.49. The molecular weight excluding hydrogens is 324 g/mol. The highest BCUT2D eigenvalue weighted by atomic mass is 35.5. The Morgan fingerprint density at radius 1 is 1.08 bits per heavy atom. The van der Waals surface area contributed by atoms with E-state index in [0.717, 1.165) is 37.1 Å². The highest BCUT2D eigenvalue weighted by Gasteiger charge is 2.36. The molecule has 1 aliphatic carbocycles. The molecule has 2 aromatic carbocycles. The molecule has 122 valence electrons. The highest BCUT2D eigenvalue weighted by molar-refractivity contribution is 6.30. The number of hydrogen-bond donors (Lipinski definition) is 1. The molecular formula is C19H17ClN2O2. The lowest BCUT2D eigenvalue weighted by molar-refractivity contribution is -0.119. The summed E-state index contributed by atoms with van der Waals surface area (Å²) in [5.74, 6) is 0.225. The summed E-state index contributed by atoms with van der Waals surface area (Å²) in [5.41, 5.74) is 3.34. The third-order valence-electron chi connectivity index (χ3n) is 4.54. The van der Waals surface area contributed by atoms with E-state index >= 15 is 0 Å². The van der Waals surface area contributed by atoms with Gasteiger partial charge in [0.2, 0.25) is 5.91 Å². The average Bonchev–Trinajstić information content (AvgIpc) is 3.35. The minimum absolute atomic E-state index is 0.190. The number of anilines is 2. The fraction of sp³-hybridized carbons (Fsp3) is 0.263. The number of amides is 2. The van der Waals surface area contributed by atoms with Gasteiger partial charge in [0.25, 0.3) is 5.91 Å². The van der Waals surface area contributed by atoms with Gasteiger partial charge in [0.1, 0.15) is 0 Å². The number of nitrogens with zero attached hydrogens (tertiary/aromatic N) is 1. The number of benzene rings is 2. The number of hydrogen-bond acceptors (Lipinski definition) is 2. The van der Waals surface area contributed by atoms with E-state index in [0.29, 0.717) is 16.3 Å². The first-order valence-corrected chi connectivity index (χ1v) is 8.51. The Labute approximate surface area is 145 Å². The molecule has 2 aliphatic rings. The van der Waals surface area contributed by atoms with Crippen LogP contribution in [0.5, 0.6) is 0 Å². The first-order valence-electron chi connectivity index (χ1n) is 8.13. The van der Waals surface area contributed by atoms with Crippen LogP contribution in [-0.2, 0) is 11.2 Å². The van der Waals surface area contributed by atoms with Gasteiger partial charge in [-0.25, -0.2) is 0 Å². The van der Waals surface area contributed by atoms with E-state index in [2.05, 4.69) is 5.32 Å². The van der Waals surface area contributed by atoms with Gasteiger partial charge < -0.3 is 10.2 Å². The number of halogens is 1. The van der Waals surface area contributed by atoms with Gasteiger partial charge >= 0.3 is 0 Å². The summed E-state index contributed by atoms with van der Waals surface area (Å²) in [7, 11) is 0. The Hall–Kier alpha value is -2.33. The molecule has 0 aromatic heterocycles. The molecule has 1 heterocycles. The molecule has 0 bridgehead atoms. The number of carbonyl (C=O) groups excluding carboxylic acids is 2. The van der Waals surface area contributed by atoms with Gasteiger partial charge in [-0.1, -0.05) is 17.7 Å². The molecule has 1 saturated carbocycles. The predicted octanol–water partition coefficient (Wildman–Crippen LogP) is 3.89. The second-order valence-corrected chi connectivity index (χ2v) is 6.76. The summed E-state index contributed by atoms with van der Waals surface area (Å²) in [4.78, 5) is 26.6. The van der Waals surface area contributed by atoms with E-state index in [9.17, 15) is 9.59 Å². The Bertz CT molecular complexity index is 813. The molecule has 1 fully saturated rings. The summed E-state index contributed by atoms with van der Waals surface area (Å²) in [6.45, 7) is 0.735. The normalized spacial score (nSPS) is 16.0. The zero-order valence-corrected chi connectivity index (χ0v) is 13.8. The molecule has 0 saturated heterocycles. The van der Waals surface area contributed by atoms with Crippen molar-refractivity contribution < 1.29 is 9.59 Å². The summed E-state index contributed by atoms with van der Waals surface area (Å²) in [6, 6.07) is 12.5. The van der Waals surface area contributed by atoms with Gasteiger partial charge in [-0.05, 0) is 61.2 Å². The SMILES string of the molecule is O=C(Nc1ccc2c(c1)N(C(=O)C1CC1)CC2)c1ccc(Cl)cc1. The highest BCUT2D eigenvalue weighted by Crippen LogP contribution is 2.37. The minimum Gasteiger partial charge on any atom is -0.322 e. The lowest BCUT2D eigenvalue weighted by atomic mass is 10.1. The molecule has 0 atom stereocenters. The maximum atomic E-state index is 12.4. The molecule has 0 unspecified atom stereocenters. The van der Waals surface area contributed by atoms with Crippen LogP contribution in [0, 0.1) is 5.92 Å². The smallest absolute Gasteiger partial charge is 0.255 e. The second-order valence-electron chi connectivity index (χ2n) is 6.32. The van der Waals surface area contributed by atoms with Crippen molar-refractivity contribution in [2.24, 2.45) is 5.92 Å². The van der Waals surface area contributed by atoms with Crippen LogP contribution >= 0.6 is 11.6 Å². The summed E-state index contributed by atoms with van der Waals surface area (Å²) < 4.78 is 0. The van der Waals surface area contributed by atoms with Crippen molar-refractivity contribution in [3.8, 4) is 0 Å². The third kappa shape index (κ3) is 2.89. The van der Waals surface area contributed by atoms with Crippen LogP contribution in [0.25, 0.3) is 0 Å². The van der Waals surface area contributed by atoms with Gasteiger partial charge in [-0.15, -0.1) is 0 Å². The first-order chi connectivity index (χ1) is 11.6. The van der Waals surface area contributed by atoms with Crippen LogP contribution < -0.4 is 10.2 Å². The number of rotatable bonds is 3. The second kappa shape index (κ2) is 5.95. The Morgan fingerprint density at radius 2 is 1.83 bits per heavy atom. The van der Waals surface area contributed by atoms with Crippen LogP contribution in [0.1, 0.15) is 28.8 Å². The largest absolute Gasteiger partial charge is 0.322 e. The Balaban J connectivity index is 1.54. The van der Waals surface area contributed by atoms with Crippen LogP contribution in [0.4, 0.5) is 11.4 Å². The fourth-order valence-electron chi connectivity index (χ4n) is 3.04. The zero-order chi connectivity index (χ0) is 16.7. The van der Waals surface area contributed by atoms with Crippen molar-refractivity contribution in [2.45, 2.75) is 19.3 Å². The summed E-state index contributed by atoms with van der Waals surface area (Å²) >= 11 is 5.85. The minimum atomic E-state index is -0.190. The topological polar surface area (TPSA) is 49.4 Å². The lowest BCUT2D eigenvalue weighted by Crippen LogP contribution is -2.30. The fourth-order valence-corrected chi connectivity index (χ4v) is 3.17. The lowest BCUT2D eigenvalue weighted by Gasteiger charge is -2.18. The van der Waals surface area contributed by atoms with Crippen LogP contribution in [0.2, 0.25) is 5.02 Å². The third-order valence-corrected chi connectivity index (χ3v) is 4.79. The van der Waals surface area contributed by atoms with Crippen molar-refractivity contribution in [3.05, 3.63) is 58.6 Å². The molecule has 0 radical (unpaired) electrons. The molecule has 1 N–H and O–H groups in total. The van der Waals surface area contributed by atoms with Crippen LogP contribution in [0.15, 0.2) is 42.5 Å². The quantitative estimate of drug-likeness (QED) is 0.921. The first kappa shape index (κ1) is 15.2. The monoisotopic (exact) mass is 340 g/mol. The molecule has 2 amide bonds. The van der Waals surface area contributed by atoms with Gasteiger partial charge in [-0.2, -0.15) is 0 Å². The number of carbonyl (C=O) groups is 2. The maximum Gasteiger partial charge on any atom is 0.255 e. The molecule has 1 aliphatic heterocycles. The maximum absolute atomic E-state index is 12.4. The molecule has 2 aromatic rings. The van der Waals surface area contributed by atoms with Crippen LogP contribution in [-0.4, -0.2) is 18.4 Å². The van der Waals surface area contributed by atoms with E-state index in [1.54, 1.807) is 24.3 Å². The van der Waals surface area contributed by atoms with Gasteiger partial charge in [0, 0.05) is 34.4 Å². The van der Waals surface area contributed by atoms with Crippen LogP contribution in [0.3, 0.4) is 0 Å². The van der Waals surface area contributed by atoms with E-state index in [-0.39, 0.29) is 17.7 Å². The standard InChI is InChI=1S/C19H17ClN2O2/c20-15-6-3-13(4-7-15)18(23)21-16-8-5-12-9-10-22(17(12)11-16)19(24)14-1-2-14/h3-8,11,14H,1-2,9-10H2,(H,21,23). The van der Waals surface area contributed by atoms with Crippen molar-refractivity contribution in [1.82, 2.24) is 0 Å². The molecule has 0 spiro atoms. The Kier molecular flexibility index (Phi) is 3.77.